The molecule has 0 bridgehead atoms. The fourth-order valence-electron chi connectivity index (χ4n) is 2.88. The molecule has 20 heavy (non-hydrogen) atoms. The van der Waals surface area contributed by atoms with Gasteiger partial charge >= 0.3 is 0 Å². The van der Waals surface area contributed by atoms with Crippen LogP contribution in [0, 0.1) is 6.92 Å². The molecule has 0 amide bonds. The second-order valence-corrected chi connectivity index (χ2v) is 7.82. The van der Waals surface area contributed by atoms with Crippen LogP contribution in [-0.4, -0.2) is 24.5 Å². The van der Waals surface area contributed by atoms with Crippen LogP contribution in [0.15, 0.2) is 23.6 Å². The first-order chi connectivity index (χ1) is 9.74. The fourth-order valence-corrected chi connectivity index (χ4v) is 4.70. The Hall–Kier alpha value is -0.680. The molecule has 0 saturated carbocycles. The van der Waals surface area contributed by atoms with Gasteiger partial charge in [-0.3, -0.25) is 4.90 Å². The number of nitrogens with zero attached hydrogens (tertiary/aromatic N) is 1. The molecule has 1 atom stereocenters. The molecule has 0 aromatic carbocycles. The van der Waals surface area contributed by atoms with Crippen LogP contribution < -0.4 is 5.32 Å². The van der Waals surface area contributed by atoms with Gasteiger partial charge in [-0.05, 0) is 49.4 Å². The molecule has 2 nitrogen and oxygen atoms in total. The van der Waals surface area contributed by atoms with Crippen molar-refractivity contribution in [3.05, 3.63) is 43.8 Å². The topological polar surface area (TPSA) is 15.3 Å². The van der Waals surface area contributed by atoms with Gasteiger partial charge in [0.1, 0.15) is 0 Å². The molecule has 4 heteroatoms. The van der Waals surface area contributed by atoms with Crippen molar-refractivity contribution in [3.8, 4) is 0 Å². The number of nitrogens with one attached hydrogen (secondary N) is 1. The van der Waals surface area contributed by atoms with Gasteiger partial charge in [0.15, 0.2) is 0 Å². The molecule has 1 N–H and O–H groups in total. The average molecular weight is 306 g/mol. The van der Waals surface area contributed by atoms with E-state index >= 15 is 0 Å². The molecule has 3 rings (SSSR count). The van der Waals surface area contributed by atoms with Gasteiger partial charge < -0.3 is 5.32 Å². The lowest BCUT2D eigenvalue weighted by Crippen LogP contribution is -2.37. The number of rotatable bonds is 5. The Labute approximate surface area is 129 Å². The van der Waals surface area contributed by atoms with Crippen molar-refractivity contribution in [2.24, 2.45) is 0 Å². The molecule has 1 aliphatic rings. The van der Waals surface area contributed by atoms with Crippen LogP contribution in [0.3, 0.4) is 0 Å². The van der Waals surface area contributed by atoms with Crippen LogP contribution in [0.1, 0.15) is 33.2 Å². The van der Waals surface area contributed by atoms with E-state index in [2.05, 4.69) is 47.6 Å². The molecule has 2 aromatic heterocycles. The highest BCUT2D eigenvalue weighted by molar-refractivity contribution is 7.11. The van der Waals surface area contributed by atoms with E-state index in [1.807, 2.05) is 22.7 Å². The summed E-state index contributed by atoms with van der Waals surface area (Å²) in [5.74, 6) is 0. The molecular weight excluding hydrogens is 284 g/mol. The van der Waals surface area contributed by atoms with Crippen LogP contribution in [0.4, 0.5) is 0 Å². The summed E-state index contributed by atoms with van der Waals surface area (Å²) in [7, 11) is 0. The first-order valence-corrected chi connectivity index (χ1v) is 9.00. The van der Waals surface area contributed by atoms with E-state index in [-0.39, 0.29) is 0 Å². The van der Waals surface area contributed by atoms with Gasteiger partial charge in [-0.15, -0.1) is 22.7 Å². The minimum atomic E-state index is 0.579. The van der Waals surface area contributed by atoms with Gasteiger partial charge in [-0.1, -0.05) is 0 Å². The SMILES string of the molecule is Cc1ccc(CNCCN2CCc3sccc3C2C)s1. The summed E-state index contributed by atoms with van der Waals surface area (Å²) in [6.45, 7) is 8.93. The zero-order chi connectivity index (χ0) is 13.9. The van der Waals surface area contributed by atoms with Crippen LogP contribution >= 0.6 is 22.7 Å². The molecule has 0 fully saturated rings. The van der Waals surface area contributed by atoms with Gasteiger partial charge in [-0.2, -0.15) is 0 Å². The molecule has 0 radical (unpaired) electrons. The van der Waals surface area contributed by atoms with Crippen molar-refractivity contribution in [2.45, 2.75) is 32.9 Å². The quantitative estimate of drug-likeness (QED) is 0.845. The minimum Gasteiger partial charge on any atom is -0.311 e. The predicted octanol–water partition coefficient (Wildman–Crippen LogP) is 3.83. The summed E-state index contributed by atoms with van der Waals surface area (Å²) < 4.78 is 0. The Morgan fingerprint density at radius 2 is 2.25 bits per heavy atom. The Kier molecular flexibility index (Phi) is 4.56. The van der Waals surface area contributed by atoms with E-state index in [9.17, 15) is 0 Å². The van der Waals surface area contributed by atoms with E-state index in [4.69, 9.17) is 0 Å². The largest absolute Gasteiger partial charge is 0.311 e. The van der Waals surface area contributed by atoms with E-state index in [1.165, 1.54) is 22.7 Å². The molecule has 3 heterocycles. The minimum absolute atomic E-state index is 0.579. The first kappa shape index (κ1) is 14.3. The maximum Gasteiger partial charge on any atom is 0.0331 e. The standard InChI is InChI=1S/C16H22N2S2/c1-12-3-4-14(20-12)11-17-7-9-18-8-5-16-15(13(18)2)6-10-19-16/h3-4,6,10,13,17H,5,7-9,11H2,1-2H3. The van der Waals surface area contributed by atoms with Crippen molar-refractivity contribution in [1.29, 1.82) is 0 Å². The Balaban J connectivity index is 1.45. The summed E-state index contributed by atoms with van der Waals surface area (Å²) >= 11 is 3.81. The number of aryl methyl sites for hydroxylation is 1. The summed E-state index contributed by atoms with van der Waals surface area (Å²) in [4.78, 5) is 7.03. The lowest BCUT2D eigenvalue weighted by atomic mass is 10.0. The van der Waals surface area contributed by atoms with Gasteiger partial charge in [0.2, 0.25) is 0 Å². The normalized spacial score (nSPS) is 19.2. The van der Waals surface area contributed by atoms with Gasteiger partial charge in [-0.25, -0.2) is 0 Å². The average Bonchev–Trinajstić information content (AvgIpc) is 3.06. The Morgan fingerprint density at radius 3 is 3.05 bits per heavy atom. The van der Waals surface area contributed by atoms with Gasteiger partial charge in [0, 0.05) is 46.9 Å². The summed E-state index contributed by atoms with van der Waals surface area (Å²) in [5.41, 5.74) is 1.55. The number of thiophene rings is 2. The second kappa shape index (κ2) is 6.39. The monoisotopic (exact) mass is 306 g/mol. The number of hydrogen-bond donors (Lipinski definition) is 1. The third kappa shape index (κ3) is 3.14. The van der Waals surface area contributed by atoms with Crippen LogP contribution in [0.25, 0.3) is 0 Å². The van der Waals surface area contributed by atoms with Gasteiger partial charge in [0.05, 0.1) is 0 Å². The fraction of sp³-hybridized carbons (Fsp3) is 0.500. The molecule has 1 aliphatic heterocycles. The maximum atomic E-state index is 3.57. The lowest BCUT2D eigenvalue weighted by molar-refractivity contribution is 0.201. The summed E-state index contributed by atoms with van der Waals surface area (Å²) in [6.07, 6.45) is 1.22. The highest BCUT2D eigenvalue weighted by atomic mass is 32.1. The smallest absolute Gasteiger partial charge is 0.0331 e. The molecule has 108 valence electrons. The predicted molar refractivity (Wildman–Crippen MR) is 88.8 cm³/mol. The molecule has 0 spiro atoms. The zero-order valence-electron chi connectivity index (χ0n) is 12.2. The lowest BCUT2D eigenvalue weighted by Gasteiger charge is -2.33. The molecule has 0 saturated heterocycles. The zero-order valence-corrected chi connectivity index (χ0v) is 13.8. The second-order valence-electron chi connectivity index (χ2n) is 5.45. The van der Waals surface area contributed by atoms with E-state index < -0.39 is 0 Å². The van der Waals surface area contributed by atoms with E-state index in [0.29, 0.717) is 6.04 Å². The van der Waals surface area contributed by atoms with Crippen molar-refractivity contribution in [2.75, 3.05) is 19.6 Å². The molecular formula is C16H22N2S2. The van der Waals surface area contributed by atoms with Crippen LogP contribution in [0.2, 0.25) is 0 Å². The third-order valence-electron chi connectivity index (χ3n) is 4.07. The summed E-state index contributed by atoms with van der Waals surface area (Å²) in [6, 6.07) is 7.31. The van der Waals surface area contributed by atoms with Crippen LogP contribution in [-0.2, 0) is 13.0 Å². The molecule has 0 aliphatic carbocycles. The maximum absolute atomic E-state index is 3.57. The van der Waals surface area contributed by atoms with Gasteiger partial charge in [0.25, 0.3) is 0 Å². The summed E-state index contributed by atoms with van der Waals surface area (Å²) in [5, 5.41) is 5.81. The van der Waals surface area contributed by atoms with Crippen LogP contribution in [0.5, 0.6) is 0 Å². The van der Waals surface area contributed by atoms with Crippen molar-refractivity contribution in [3.63, 3.8) is 0 Å². The highest BCUT2D eigenvalue weighted by Crippen LogP contribution is 2.32. The molecule has 2 aromatic rings. The highest BCUT2D eigenvalue weighted by Gasteiger charge is 2.23. The van der Waals surface area contributed by atoms with E-state index in [0.717, 1.165) is 19.6 Å². The number of fused-ring (bicyclic) bond motifs is 1. The first-order valence-electron chi connectivity index (χ1n) is 7.30. The Morgan fingerprint density at radius 1 is 1.35 bits per heavy atom. The van der Waals surface area contributed by atoms with E-state index in [1.54, 1.807) is 10.4 Å². The van der Waals surface area contributed by atoms with Crippen molar-refractivity contribution < 1.29 is 0 Å². The van der Waals surface area contributed by atoms with Crippen molar-refractivity contribution >= 4 is 22.7 Å². The molecule has 1 unspecified atom stereocenters. The number of hydrogen-bond acceptors (Lipinski definition) is 4. The third-order valence-corrected chi connectivity index (χ3v) is 6.07. The Bertz CT molecular complexity index is 558. The van der Waals surface area contributed by atoms with Crippen molar-refractivity contribution in [1.82, 2.24) is 10.2 Å².